The molecule has 6 heteroatoms. The van der Waals surface area contributed by atoms with Crippen molar-refractivity contribution in [1.82, 2.24) is 10.2 Å². The Kier molecular flexibility index (Phi) is 4.67. The molecule has 6 nitrogen and oxygen atoms in total. The molecule has 1 amide bonds. The number of para-hydroxylation sites is 1. The number of hydrogen-bond acceptors (Lipinski definition) is 5. The van der Waals surface area contributed by atoms with Crippen molar-refractivity contribution < 1.29 is 4.79 Å². The topological polar surface area (TPSA) is 91.9 Å². The van der Waals surface area contributed by atoms with Gasteiger partial charge in [-0.1, -0.05) is 12.1 Å². The quantitative estimate of drug-likeness (QED) is 0.823. The molecule has 1 aliphatic heterocycles. The summed E-state index contributed by atoms with van der Waals surface area (Å²) in [5.41, 5.74) is 0.932. The average molecular weight is 269 g/mol. The van der Waals surface area contributed by atoms with E-state index in [2.05, 4.69) is 16.7 Å². The maximum absolute atomic E-state index is 12.0. The van der Waals surface area contributed by atoms with Gasteiger partial charge in [0.25, 0.3) is 0 Å². The third-order valence-corrected chi connectivity index (χ3v) is 3.17. The SMILES string of the molecule is N#Cc1ccccc1NC(=O)CN1CCNCC1C#N. The summed E-state index contributed by atoms with van der Waals surface area (Å²) in [5.74, 6) is -0.213. The first-order chi connectivity index (χ1) is 9.74. The molecule has 1 fully saturated rings. The smallest absolute Gasteiger partial charge is 0.238 e. The minimum absolute atomic E-state index is 0.152. The minimum atomic E-state index is -0.291. The van der Waals surface area contributed by atoms with Crippen LogP contribution in [-0.4, -0.2) is 43.0 Å². The Labute approximate surface area is 117 Å². The molecule has 20 heavy (non-hydrogen) atoms. The number of carbonyl (C=O) groups is 1. The molecule has 2 N–H and O–H groups in total. The molecule has 0 bridgehead atoms. The zero-order chi connectivity index (χ0) is 14.4. The van der Waals surface area contributed by atoms with Crippen LogP contribution in [0.2, 0.25) is 0 Å². The molecule has 1 aromatic carbocycles. The lowest BCUT2D eigenvalue weighted by Gasteiger charge is -2.31. The normalized spacial score (nSPS) is 18.8. The van der Waals surface area contributed by atoms with Crippen molar-refractivity contribution >= 4 is 11.6 Å². The number of nitriles is 2. The van der Waals surface area contributed by atoms with E-state index >= 15 is 0 Å². The van der Waals surface area contributed by atoms with Crippen molar-refractivity contribution in [3.05, 3.63) is 29.8 Å². The number of hydrogen-bond donors (Lipinski definition) is 2. The summed E-state index contributed by atoms with van der Waals surface area (Å²) >= 11 is 0. The summed E-state index contributed by atoms with van der Waals surface area (Å²) in [6.07, 6.45) is 0. The predicted molar refractivity (Wildman–Crippen MR) is 73.6 cm³/mol. The Morgan fingerprint density at radius 2 is 2.25 bits per heavy atom. The van der Waals surface area contributed by atoms with Crippen molar-refractivity contribution in [3.8, 4) is 12.1 Å². The first-order valence-corrected chi connectivity index (χ1v) is 6.38. The maximum atomic E-state index is 12.0. The highest BCUT2D eigenvalue weighted by Crippen LogP contribution is 2.13. The first-order valence-electron chi connectivity index (χ1n) is 6.38. The summed E-state index contributed by atoms with van der Waals surface area (Å²) in [6.45, 7) is 2.14. The van der Waals surface area contributed by atoms with Crippen LogP contribution < -0.4 is 10.6 Å². The van der Waals surface area contributed by atoms with E-state index in [9.17, 15) is 4.79 Å². The van der Waals surface area contributed by atoms with E-state index in [4.69, 9.17) is 10.5 Å². The Balaban J connectivity index is 1.99. The highest BCUT2D eigenvalue weighted by molar-refractivity contribution is 5.93. The van der Waals surface area contributed by atoms with Crippen molar-refractivity contribution in [1.29, 1.82) is 10.5 Å². The molecule has 1 aromatic rings. The molecule has 102 valence electrons. The molecule has 2 rings (SSSR count). The lowest BCUT2D eigenvalue weighted by atomic mass is 10.2. The van der Waals surface area contributed by atoms with E-state index in [1.54, 1.807) is 24.3 Å². The molecule has 1 unspecified atom stereocenters. The Morgan fingerprint density at radius 3 is 3.00 bits per heavy atom. The van der Waals surface area contributed by atoms with Gasteiger partial charge in [-0.3, -0.25) is 9.69 Å². The van der Waals surface area contributed by atoms with Crippen molar-refractivity contribution in [2.45, 2.75) is 6.04 Å². The number of nitrogens with one attached hydrogen (secondary N) is 2. The summed E-state index contributed by atoms with van der Waals surface area (Å²) in [6, 6.07) is 10.8. The molecular weight excluding hydrogens is 254 g/mol. The summed E-state index contributed by atoms with van der Waals surface area (Å²) in [7, 11) is 0. The molecule has 0 radical (unpaired) electrons. The van der Waals surface area contributed by atoms with Gasteiger partial charge in [0.2, 0.25) is 5.91 Å². The number of amides is 1. The van der Waals surface area contributed by atoms with Crippen LogP contribution in [0.25, 0.3) is 0 Å². The van der Waals surface area contributed by atoms with Crippen molar-refractivity contribution in [2.24, 2.45) is 0 Å². The van der Waals surface area contributed by atoms with E-state index < -0.39 is 0 Å². The van der Waals surface area contributed by atoms with Gasteiger partial charge < -0.3 is 10.6 Å². The number of anilines is 1. The van der Waals surface area contributed by atoms with Crippen LogP contribution in [0.1, 0.15) is 5.56 Å². The fourth-order valence-electron chi connectivity index (χ4n) is 2.13. The third-order valence-electron chi connectivity index (χ3n) is 3.17. The second kappa shape index (κ2) is 6.67. The second-order valence-corrected chi connectivity index (χ2v) is 4.53. The molecular formula is C14H15N5O. The molecule has 1 saturated heterocycles. The lowest BCUT2D eigenvalue weighted by Crippen LogP contribution is -2.52. The van der Waals surface area contributed by atoms with Gasteiger partial charge in [0.05, 0.1) is 23.9 Å². The van der Waals surface area contributed by atoms with Crippen LogP contribution in [0.3, 0.4) is 0 Å². The van der Waals surface area contributed by atoms with Gasteiger partial charge in [-0.25, -0.2) is 0 Å². The van der Waals surface area contributed by atoms with Gasteiger partial charge in [0.15, 0.2) is 0 Å². The first kappa shape index (κ1) is 14.0. The van der Waals surface area contributed by atoms with E-state index in [0.29, 0.717) is 24.3 Å². The summed E-state index contributed by atoms with van der Waals surface area (Å²) < 4.78 is 0. The van der Waals surface area contributed by atoms with Crippen LogP contribution in [0, 0.1) is 22.7 Å². The van der Waals surface area contributed by atoms with Gasteiger partial charge in [-0.05, 0) is 12.1 Å². The van der Waals surface area contributed by atoms with Crippen LogP contribution in [0.15, 0.2) is 24.3 Å². The Hall–Kier alpha value is -2.41. The van der Waals surface area contributed by atoms with Gasteiger partial charge >= 0.3 is 0 Å². The second-order valence-electron chi connectivity index (χ2n) is 4.53. The molecule has 1 atom stereocenters. The van der Waals surface area contributed by atoms with Crippen LogP contribution in [-0.2, 0) is 4.79 Å². The monoisotopic (exact) mass is 269 g/mol. The predicted octanol–water partition coefficient (Wildman–Crippen LogP) is 0.294. The van der Waals surface area contributed by atoms with E-state index in [-0.39, 0.29) is 18.5 Å². The molecule has 0 saturated carbocycles. The zero-order valence-electron chi connectivity index (χ0n) is 11.0. The zero-order valence-corrected chi connectivity index (χ0v) is 11.0. The molecule has 1 heterocycles. The fourth-order valence-corrected chi connectivity index (χ4v) is 2.13. The van der Waals surface area contributed by atoms with Crippen LogP contribution in [0.4, 0.5) is 5.69 Å². The minimum Gasteiger partial charge on any atom is -0.324 e. The Morgan fingerprint density at radius 1 is 1.45 bits per heavy atom. The lowest BCUT2D eigenvalue weighted by molar-refractivity contribution is -0.117. The van der Waals surface area contributed by atoms with Crippen molar-refractivity contribution in [2.75, 3.05) is 31.5 Å². The Bertz CT molecular complexity index is 572. The number of piperazine rings is 1. The van der Waals surface area contributed by atoms with Gasteiger partial charge in [-0.2, -0.15) is 10.5 Å². The molecule has 0 aromatic heterocycles. The highest BCUT2D eigenvalue weighted by atomic mass is 16.2. The number of carbonyl (C=O) groups excluding carboxylic acids is 1. The number of nitrogens with zero attached hydrogens (tertiary/aromatic N) is 3. The molecule has 1 aliphatic rings. The van der Waals surface area contributed by atoms with Crippen LogP contribution in [0.5, 0.6) is 0 Å². The molecule has 0 spiro atoms. The van der Waals surface area contributed by atoms with E-state index in [1.807, 2.05) is 11.0 Å². The summed E-state index contributed by atoms with van der Waals surface area (Å²) in [4.78, 5) is 13.9. The standard InChI is InChI=1S/C14H15N5O/c15-7-11-3-1-2-4-13(11)18-14(20)10-19-6-5-17-9-12(19)8-16/h1-4,12,17H,5-6,9-10H2,(H,18,20). The van der Waals surface area contributed by atoms with Crippen molar-refractivity contribution in [3.63, 3.8) is 0 Å². The van der Waals surface area contributed by atoms with Gasteiger partial charge in [0, 0.05) is 19.6 Å². The number of benzene rings is 1. The molecule has 0 aliphatic carbocycles. The summed E-state index contributed by atoms with van der Waals surface area (Å²) in [5, 5.41) is 23.8. The van der Waals surface area contributed by atoms with E-state index in [1.165, 1.54) is 0 Å². The van der Waals surface area contributed by atoms with Crippen LogP contribution >= 0.6 is 0 Å². The highest BCUT2D eigenvalue weighted by Gasteiger charge is 2.23. The average Bonchev–Trinajstić information content (AvgIpc) is 2.48. The third kappa shape index (κ3) is 3.33. The fraction of sp³-hybridized carbons (Fsp3) is 0.357. The number of rotatable bonds is 3. The van der Waals surface area contributed by atoms with Gasteiger partial charge in [-0.15, -0.1) is 0 Å². The van der Waals surface area contributed by atoms with Gasteiger partial charge in [0.1, 0.15) is 12.1 Å². The largest absolute Gasteiger partial charge is 0.324 e. The van der Waals surface area contributed by atoms with E-state index in [0.717, 1.165) is 6.54 Å². The maximum Gasteiger partial charge on any atom is 0.238 e.